The summed E-state index contributed by atoms with van der Waals surface area (Å²) < 4.78 is 0. The first-order chi connectivity index (χ1) is 12.6. The van der Waals surface area contributed by atoms with E-state index < -0.39 is 0 Å². The maximum Gasteiger partial charge on any atom is 0.217 e. The SMILES string of the molecule is CC(=O)N[C@H](C)CCc1ccc(-c2csc(Nc3ccccn3)n2)cc1. The number of amides is 1. The number of hydrogen-bond donors (Lipinski definition) is 2. The van der Waals surface area contributed by atoms with Gasteiger partial charge in [0.1, 0.15) is 5.82 Å². The molecule has 1 aromatic carbocycles. The minimum Gasteiger partial charge on any atom is -0.354 e. The number of aryl methyl sites for hydroxylation is 1. The molecule has 1 atom stereocenters. The van der Waals surface area contributed by atoms with Crippen LogP contribution < -0.4 is 10.6 Å². The number of rotatable bonds is 7. The Bertz CT molecular complexity index is 846. The maximum absolute atomic E-state index is 11.1. The third kappa shape index (κ3) is 5.13. The Hall–Kier alpha value is -2.73. The molecule has 26 heavy (non-hydrogen) atoms. The van der Waals surface area contributed by atoms with Gasteiger partial charge < -0.3 is 10.6 Å². The van der Waals surface area contributed by atoms with E-state index in [4.69, 9.17) is 0 Å². The van der Waals surface area contributed by atoms with E-state index in [1.807, 2.05) is 30.5 Å². The number of nitrogens with zero attached hydrogens (tertiary/aromatic N) is 2. The third-order valence-electron chi connectivity index (χ3n) is 3.97. The van der Waals surface area contributed by atoms with Crippen molar-refractivity contribution in [2.75, 3.05) is 5.32 Å². The Morgan fingerprint density at radius 2 is 2.00 bits per heavy atom. The molecule has 0 aliphatic carbocycles. The van der Waals surface area contributed by atoms with Crippen molar-refractivity contribution in [3.63, 3.8) is 0 Å². The largest absolute Gasteiger partial charge is 0.354 e. The highest BCUT2D eigenvalue weighted by Gasteiger charge is 2.07. The highest BCUT2D eigenvalue weighted by atomic mass is 32.1. The first-order valence-electron chi connectivity index (χ1n) is 8.60. The van der Waals surface area contributed by atoms with Crippen molar-refractivity contribution in [2.45, 2.75) is 32.7 Å². The van der Waals surface area contributed by atoms with E-state index in [2.05, 4.69) is 44.9 Å². The standard InChI is InChI=1S/C20H22N4OS/c1-14(22-15(2)25)6-7-16-8-10-17(11-9-16)18-13-26-20(23-18)24-19-5-3-4-12-21-19/h3-5,8-14H,6-7H2,1-2H3,(H,22,25)(H,21,23,24)/t14-/m1/s1. The van der Waals surface area contributed by atoms with Gasteiger partial charge in [-0.05, 0) is 37.5 Å². The smallest absolute Gasteiger partial charge is 0.217 e. The number of benzene rings is 1. The van der Waals surface area contributed by atoms with Crippen LogP contribution in [0.3, 0.4) is 0 Å². The molecule has 0 fully saturated rings. The van der Waals surface area contributed by atoms with Gasteiger partial charge in [-0.1, -0.05) is 30.3 Å². The van der Waals surface area contributed by atoms with E-state index in [-0.39, 0.29) is 11.9 Å². The van der Waals surface area contributed by atoms with Crippen LogP contribution in [0, 0.1) is 0 Å². The number of hydrogen-bond acceptors (Lipinski definition) is 5. The summed E-state index contributed by atoms with van der Waals surface area (Å²) in [4.78, 5) is 19.9. The Balaban J connectivity index is 1.59. The lowest BCUT2D eigenvalue weighted by molar-refractivity contribution is -0.119. The van der Waals surface area contributed by atoms with Crippen LogP contribution in [0.15, 0.2) is 54.0 Å². The molecule has 0 aliphatic heterocycles. The van der Waals surface area contributed by atoms with E-state index in [1.54, 1.807) is 24.5 Å². The maximum atomic E-state index is 11.1. The molecule has 2 N–H and O–H groups in total. The molecule has 3 aromatic rings. The van der Waals surface area contributed by atoms with Crippen LogP contribution in [0.1, 0.15) is 25.8 Å². The predicted octanol–water partition coefficient (Wildman–Crippen LogP) is 4.41. The summed E-state index contributed by atoms with van der Waals surface area (Å²) in [5.74, 6) is 0.809. The average Bonchev–Trinajstić information content (AvgIpc) is 3.09. The molecule has 0 bridgehead atoms. The fourth-order valence-electron chi connectivity index (χ4n) is 2.65. The molecule has 0 saturated heterocycles. The number of thiazole rings is 1. The van der Waals surface area contributed by atoms with E-state index in [0.29, 0.717) is 0 Å². The van der Waals surface area contributed by atoms with Gasteiger partial charge in [0.2, 0.25) is 5.91 Å². The zero-order valence-corrected chi connectivity index (χ0v) is 15.7. The lowest BCUT2D eigenvalue weighted by atomic mass is 10.0. The van der Waals surface area contributed by atoms with Gasteiger partial charge >= 0.3 is 0 Å². The number of pyridine rings is 1. The fraction of sp³-hybridized carbons (Fsp3) is 0.250. The number of anilines is 2. The molecule has 134 valence electrons. The van der Waals surface area contributed by atoms with Crippen LogP contribution in [0.5, 0.6) is 0 Å². The van der Waals surface area contributed by atoms with E-state index in [9.17, 15) is 4.79 Å². The van der Waals surface area contributed by atoms with Crippen LogP contribution in [-0.2, 0) is 11.2 Å². The molecule has 0 aliphatic rings. The summed E-state index contributed by atoms with van der Waals surface area (Å²) >= 11 is 1.56. The second-order valence-corrected chi connectivity index (χ2v) is 7.07. The monoisotopic (exact) mass is 366 g/mol. The normalized spacial score (nSPS) is 11.8. The van der Waals surface area contributed by atoms with Crippen LogP contribution in [0.25, 0.3) is 11.3 Å². The Morgan fingerprint density at radius 1 is 1.19 bits per heavy atom. The second kappa shape index (κ2) is 8.58. The zero-order chi connectivity index (χ0) is 18.4. The van der Waals surface area contributed by atoms with Crippen molar-refractivity contribution < 1.29 is 4.79 Å². The third-order valence-corrected chi connectivity index (χ3v) is 4.73. The van der Waals surface area contributed by atoms with Gasteiger partial charge in [-0.15, -0.1) is 11.3 Å². The molecule has 6 heteroatoms. The number of aromatic nitrogens is 2. The zero-order valence-electron chi connectivity index (χ0n) is 14.9. The predicted molar refractivity (Wildman–Crippen MR) is 107 cm³/mol. The summed E-state index contributed by atoms with van der Waals surface area (Å²) in [7, 11) is 0. The van der Waals surface area contributed by atoms with Crippen molar-refractivity contribution in [1.29, 1.82) is 0 Å². The summed E-state index contributed by atoms with van der Waals surface area (Å²) in [6, 6.07) is 14.4. The first kappa shape index (κ1) is 18.1. The van der Waals surface area contributed by atoms with Crippen molar-refractivity contribution in [1.82, 2.24) is 15.3 Å². The Labute approximate surface area is 157 Å². The van der Waals surface area contributed by atoms with Gasteiger partial charge in [-0.25, -0.2) is 9.97 Å². The summed E-state index contributed by atoms with van der Waals surface area (Å²) in [5, 5.41) is 9.00. The summed E-state index contributed by atoms with van der Waals surface area (Å²) in [5.41, 5.74) is 3.30. The Morgan fingerprint density at radius 3 is 2.69 bits per heavy atom. The highest BCUT2D eigenvalue weighted by molar-refractivity contribution is 7.14. The molecule has 0 saturated carbocycles. The molecule has 0 unspecified atom stereocenters. The van der Waals surface area contributed by atoms with E-state index in [1.165, 1.54) is 5.56 Å². The van der Waals surface area contributed by atoms with Crippen LogP contribution in [0.4, 0.5) is 10.9 Å². The fourth-order valence-corrected chi connectivity index (χ4v) is 3.38. The molecule has 2 aromatic heterocycles. The van der Waals surface area contributed by atoms with Crippen molar-refractivity contribution in [2.24, 2.45) is 0 Å². The summed E-state index contributed by atoms with van der Waals surface area (Å²) in [6.07, 6.45) is 3.61. The summed E-state index contributed by atoms with van der Waals surface area (Å²) in [6.45, 7) is 3.58. The molecule has 5 nitrogen and oxygen atoms in total. The Kier molecular flexibility index (Phi) is 5.96. The van der Waals surface area contributed by atoms with Gasteiger partial charge in [0.05, 0.1) is 5.69 Å². The van der Waals surface area contributed by atoms with Gasteiger partial charge in [-0.2, -0.15) is 0 Å². The number of carbonyl (C=O) groups is 1. The van der Waals surface area contributed by atoms with E-state index in [0.717, 1.165) is 35.0 Å². The minimum absolute atomic E-state index is 0.0199. The van der Waals surface area contributed by atoms with Gasteiger partial charge in [0.15, 0.2) is 5.13 Å². The number of nitrogens with one attached hydrogen (secondary N) is 2. The van der Waals surface area contributed by atoms with Crippen LogP contribution in [0.2, 0.25) is 0 Å². The molecule has 0 spiro atoms. The molecule has 2 heterocycles. The second-order valence-electron chi connectivity index (χ2n) is 6.22. The van der Waals surface area contributed by atoms with Crippen LogP contribution >= 0.6 is 11.3 Å². The minimum atomic E-state index is 0.0199. The van der Waals surface area contributed by atoms with Gasteiger partial charge in [0, 0.05) is 30.1 Å². The van der Waals surface area contributed by atoms with Crippen molar-refractivity contribution >= 4 is 28.2 Å². The molecule has 0 radical (unpaired) electrons. The topological polar surface area (TPSA) is 66.9 Å². The number of carbonyl (C=O) groups excluding carboxylic acids is 1. The average molecular weight is 366 g/mol. The lowest BCUT2D eigenvalue weighted by Crippen LogP contribution is -2.30. The van der Waals surface area contributed by atoms with Crippen molar-refractivity contribution in [3.05, 3.63) is 59.6 Å². The van der Waals surface area contributed by atoms with Gasteiger partial charge in [-0.3, -0.25) is 4.79 Å². The van der Waals surface area contributed by atoms with E-state index >= 15 is 0 Å². The first-order valence-corrected chi connectivity index (χ1v) is 9.48. The quantitative estimate of drug-likeness (QED) is 0.650. The molecule has 1 amide bonds. The van der Waals surface area contributed by atoms with Gasteiger partial charge in [0.25, 0.3) is 0 Å². The van der Waals surface area contributed by atoms with Crippen LogP contribution in [-0.4, -0.2) is 21.9 Å². The van der Waals surface area contributed by atoms with Crippen molar-refractivity contribution in [3.8, 4) is 11.3 Å². The highest BCUT2D eigenvalue weighted by Crippen LogP contribution is 2.27. The lowest BCUT2D eigenvalue weighted by Gasteiger charge is -2.12. The molecular weight excluding hydrogens is 344 g/mol. The molecule has 3 rings (SSSR count). The molecular formula is C20H22N4OS.